The van der Waals surface area contributed by atoms with E-state index in [1.54, 1.807) is 20.9 Å². The van der Waals surface area contributed by atoms with Crippen molar-refractivity contribution in [2.45, 2.75) is 45.9 Å². The summed E-state index contributed by atoms with van der Waals surface area (Å²) < 4.78 is 7.74. The minimum Gasteiger partial charge on any atom is -0.452 e. The quantitative estimate of drug-likeness (QED) is 0.658. The molecule has 0 saturated heterocycles. The first kappa shape index (κ1) is 20.1. The van der Waals surface area contributed by atoms with Gasteiger partial charge < -0.3 is 10.1 Å². The van der Waals surface area contributed by atoms with E-state index in [0.29, 0.717) is 11.0 Å². The molecule has 1 unspecified atom stereocenters. The minimum atomic E-state index is -1.15. The van der Waals surface area contributed by atoms with Gasteiger partial charge in [0.15, 0.2) is 11.8 Å². The van der Waals surface area contributed by atoms with Gasteiger partial charge in [-0.05, 0) is 20.8 Å². The van der Waals surface area contributed by atoms with Crippen molar-refractivity contribution in [3.05, 3.63) is 22.9 Å². The van der Waals surface area contributed by atoms with E-state index in [1.165, 1.54) is 28.7 Å². The number of amides is 3. The molecule has 0 aromatic carbocycles. The number of carbonyl (C=O) groups is 3. The van der Waals surface area contributed by atoms with Gasteiger partial charge in [-0.15, -0.1) is 0 Å². The van der Waals surface area contributed by atoms with Crippen LogP contribution in [0.3, 0.4) is 0 Å². The predicted octanol–water partition coefficient (Wildman–Crippen LogP) is -0.314. The van der Waals surface area contributed by atoms with E-state index in [0.717, 1.165) is 0 Å². The molecule has 27 heavy (non-hydrogen) atoms. The molecule has 0 aliphatic carbocycles. The van der Waals surface area contributed by atoms with Crippen molar-refractivity contribution in [1.82, 2.24) is 30.0 Å². The lowest BCUT2D eigenvalue weighted by molar-refractivity contribution is -0.154. The lowest BCUT2D eigenvalue weighted by Gasteiger charge is -2.14. The van der Waals surface area contributed by atoms with Crippen LogP contribution in [-0.2, 0) is 27.9 Å². The number of hydrogen-bond donors (Lipinski definition) is 2. The summed E-state index contributed by atoms with van der Waals surface area (Å²) in [5.41, 5.74) is 0.126. The van der Waals surface area contributed by atoms with Crippen LogP contribution < -0.4 is 16.2 Å². The van der Waals surface area contributed by atoms with Crippen LogP contribution in [0.4, 0.5) is 4.79 Å². The number of aryl methyl sites for hydroxylation is 2. The molecule has 11 heteroatoms. The highest BCUT2D eigenvalue weighted by Gasteiger charge is 2.20. The number of nitrogens with one attached hydrogen (secondary N) is 2. The van der Waals surface area contributed by atoms with Crippen molar-refractivity contribution in [2.24, 2.45) is 7.05 Å². The van der Waals surface area contributed by atoms with Crippen molar-refractivity contribution in [3.63, 3.8) is 0 Å². The summed E-state index contributed by atoms with van der Waals surface area (Å²) in [6.07, 6.45) is 1.45. The number of ether oxygens (including phenoxy) is 1. The van der Waals surface area contributed by atoms with Gasteiger partial charge in [-0.2, -0.15) is 5.10 Å². The average molecular weight is 378 g/mol. The van der Waals surface area contributed by atoms with Crippen LogP contribution in [0.2, 0.25) is 0 Å². The fourth-order valence-electron chi connectivity index (χ4n) is 2.26. The second-order valence-electron chi connectivity index (χ2n) is 6.25. The highest BCUT2D eigenvalue weighted by atomic mass is 16.5. The van der Waals surface area contributed by atoms with Crippen LogP contribution in [0.5, 0.6) is 0 Å². The zero-order chi connectivity index (χ0) is 20.1. The first-order chi connectivity index (χ1) is 12.7. The Balaban J connectivity index is 1.89. The summed E-state index contributed by atoms with van der Waals surface area (Å²) >= 11 is 0. The molecule has 0 aliphatic heterocycles. The molecule has 2 rings (SSSR count). The highest BCUT2D eigenvalue weighted by Crippen LogP contribution is 2.04. The Morgan fingerprint density at radius 3 is 2.63 bits per heavy atom. The van der Waals surface area contributed by atoms with E-state index in [9.17, 15) is 19.2 Å². The lowest BCUT2D eigenvalue weighted by atomic mass is 10.3. The van der Waals surface area contributed by atoms with E-state index in [4.69, 9.17) is 4.74 Å². The summed E-state index contributed by atoms with van der Waals surface area (Å²) in [5.74, 6) is -1.42. The summed E-state index contributed by atoms with van der Waals surface area (Å²) in [6, 6.07) is -0.806. The molecule has 0 aliphatic rings. The van der Waals surface area contributed by atoms with Crippen molar-refractivity contribution >= 4 is 28.9 Å². The van der Waals surface area contributed by atoms with Gasteiger partial charge in [-0.25, -0.2) is 9.78 Å². The summed E-state index contributed by atoms with van der Waals surface area (Å²) in [7, 11) is 1.67. The van der Waals surface area contributed by atoms with Crippen molar-refractivity contribution < 1.29 is 19.1 Å². The number of aromatic nitrogens is 4. The Kier molecular flexibility index (Phi) is 6.27. The van der Waals surface area contributed by atoms with Gasteiger partial charge in [0.25, 0.3) is 11.5 Å². The Bertz CT molecular complexity index is 916. The number of hydrogen-bond acceptors (Lipinski definition) is 7. The molecule has 0 radical (unpaired) electrons. The van der Waals surface area contributed by atoms with Gasteiger partial charge in [-0.1, -0.05) is 0 Å². The minimum absolute atomic E-state index is 0.0394. The largest absolute Gasteiger partial charge is 0.452 e. The fourth-order valence-corrected chi connectivity index (χ4v) is 2.26. The zero-order valence-electron chi connectivity index (χ0n) is 15.6. The topological polar surface area (TPSA) is 137 Å². The summed E-state index contributed by atoms with van der Waals surface area (Å²) in [6.45, 7) is 4.88. The number of nitrogens with zero attached hydrogens (tertiary/aromatic N) is 4. The Labute approximate surface area is 154 Å². The standard InChI is InChI=1S/C16H22N6O5/c1-9(2)19-16(26)20-14(24)10(3)27-12(23)5-6-22-8-17-13-11(15(22)25)7-18-21(13)4/h7-10H,5-6H2,1-4H3,(H2,19,20,24,26). The number of imide groups is 1. The van der Waals surface area contributed by atoms with Gasteiger partial charge in [0.1, 0.15) is 5.39 Å². The monoisotopic (exact) mass is 378 g/mol. The molecule has 1 atom stereocenters. The van der Waals surface area contributed by atoms with Crippen molar-refractivity contribution in [2.75, 3.05) is 0 Å². The SMILES string of the molecule is CC(C)NC(=O)NC(=O)C(C)OC(=O)CCn1cnc2c(cnn2C)c1=O. The first-order valence-electron chi connectivity index (χ1n) is 8.37. The number of rotatable bonds is 6. The average Bonchev–Trinajstić information content (AvgIpc) is 2.95. The van der Waals surface area contributed by atoms with Crippen LogP contribution in [0.15, 0.2) is 17.3 Å². The molecule has 0 spiro atoms. The predicted molar refractivity (Wildman–Crippen MR) is 94.8 cm³/mol. The third kappa shape index (κ3) is 5.12. The molecule has 2 N–H and O–H groups in total. The maximum atomic E-state index is 12.3. The Hall–Kier alpha value is -3.24. The number of esters is 1. The molecule has 0 saturated carbocycles. The third-order valence-electron chi connectivity index (χ3n) is 3.61. The van der Waals surface area contributed by atoms with E-state index in [1.807, 2.05) is 0 Å². The van der Waals surface area contributed by atoms with Gasteiger partial charge in [0.05, 0.1) is 18.9 Å². The molecular formula is C16H22N6O5. The highest BCUT2D eigenvalue weighted by molar-refractivity contribution is 5.97. The molecule has 2 heterocycles. The number of carbonyl (C=O) groups excluding carboxylic acids is 3. The zero-order valence-corrected chi connectivity index (χ0v) is 15.6. The molecule has 3 amide bonds. The van der Waals surface area contributed by atoms with Gasteiger partial charge in [0, 0.05) is 19.6 Å². The number of urea groups is 1. The van der Waals surface area contributed by atoms with Crippen LogP contribution in [0.1, 0.15) is 27.2 Å². The van der Waals surface area contributed by atoms with Crippen LogP contribution in [0.25, 0.3) is 11.0 Å². The van der Waals surface area contributed by atoms with Crippen molar-refractivity contribution in [3.8, 4) is 0 Å². The third-order valence-corrected chi connectivity index (χ3v) is 3.61. The molecule has 2 aromatic rings. The molecular weight excluding hydrogens is 356 g/mol. The Morgan fingerprint density at radius 1 is 1.26 bits per heavy atom. The van der Waals surface area contributed by atoms with Crippen LogP contribution >= 0.6 is 0 Å². The smallest absolute Gasteiger partial charge is 0.321 e. The summed E-state index contributed by atoms with van der Waals surface area (Å²) in [4.78, 5) is 51.6. The van der Waals surface area contributed by atoms with E-state index in [-0.39, 0.29) is 24.6 Å². The van der Waals surface area contributed by atoms with Crippen molar-refractivity contribution in [1.29, 1.82) is 0 Å². The normalized spacial score (nSPS) is 12.0. The fraction of sp³-hybridized carbons (Fsp3) is 0.500. The molecule has 0 fully saturated rings. The van der Waals surface area contributed by atoms with Gasteiger partial charge >= 0.3 is 12.0 Å². The Morgan fingerprint density at radius 2 is 1.96 bits per heavy atom. The maximum absolute atomic E-state index is 12.3. The van der Waals surface area contributed by atoms with Gasteiger partial charge in [-0.3, -0.25) is 28.9 Å². The maximum Gasteiger partial charge on any atom is 0.321 e. The molecule has 0 bridgehead atoms. The number of fused-ring (bicyclic) bond motifs is 1. The molecule has 146 valence electrons. The van der Waals surface area contributed by atoms with Crippen LogP contribution in [-0.4, -0.2) is 49.4 Å². The first-order valence-corrected chi connectivity index (χ1v) is 8.37. The van der Waals surface area contributed by atoms with E-state index in [2.05, 4.69) is 20.7 Å². The second-order valence-corrected chi connectivity index (χ2v) is 6.25. The van der Waals surface area contributed by atoms with E-state index < -0.39 is 24.0 Å². The van der Waals surface area contributed by atoms with Gasteiger partial charge in [0.2, 0.25) is 0 Å². The summed E-state index contributed by atoms with van der Waals surface area (Å²) in [5, 5.41) is 8.88. The van der Waals surface area contributed by atoms with Crippen LogP contribution in [0, 0.1) is 0 Å². The molecule has 11 nitrogen and oxygen atoms in total. The molecule has 2 aromatic heterocycles. The lowest BCUT2D eigenvalue weighted by Crippen LogP contribution is -2.46. The van der Waals surface area contributed by atoms with E-state index >= 15 is 0 Å². The second kappa shape index (κ2) is 8.43.